The van der Waals surface area contributed by atoms with E-state index in [-0.39, 0.29) is 30.2 Å². The molecule has 0 unspecified atom stereocenters. The highest BCUT2D eigenvalue weighted by atomic mass is 35.5. The van der Waals surface area contributed by atoms with Crippen LogP contribution in [0, 0.1) is 0 Å². The number of hydrogen-bond donors (Lipinski definition) is 2. The predicted molar refractivity (Wildman–Crippen MR) is 116 cm³/mol. The van der Waals surface area contributed by atoms with Crippen LogP contribution in [0.2, 0.25) is 5.02 Å². The van der Waals surface area contributed by atoms with Gasteiger partial charge in [-0.3, -0.25) is 9.59 Å². The summed E-state index contributed by atoms with van der Waals surface area (Å²) in [5.41, 5.74) is 6.22. The molecule has 1 aromatic heterocycles. The van der Waals surface area contributed by atoms with Crippen molar-refractivity contribution in [3.8, 4) is 5.75 Å². The number of anilines is 1. The number of carbonyl (C=O) groups is 1. The van der Waals surface area contributed by atoms with Crippen LogP contribution in [0.15, 0.2) is 35.3 Å². The molecule has 164 valence electrons. The molecule has 1 amide bonds. The van der Waals surface area contributed by atoms with Crippen LogP contribution in [0.1, 0.15) is 35.8 Å². The maximum Gasteiger partial charge on any atom is 0.272 e. The summed E-state index contributed by atoms with van der Waals surface area (Å²) in [5, 5.41) is 3.38. The van der Waals surface area contributed by atoms with Crippen LogP contribution >= 0.6 is 11.6 Å². The average molecular weight is 438 g/mol. The first-order chi connectivity index (χ1) is 14.4. The third-order valence-electron chi connectivity index (χ3n) is 4.44. The van der Waals surface area contributed by atoms with Gasteiger partial charge in [0.1, 0.15) is 5.69 Å². The lowest BCUT2D eigenvalue weighted by atomic mass is 10.2. The van der Waals surface area contributed by atoms with Gasteiger partial charge >= 0.3 is 0 Å². The molecule has 0 saturated carbocycles. The second-order valence-corrected chi connectivity index (χ2v) is 7.10. The highest BCUT2D eigenvalue weighted by Gasteiger charge is 2.24. The Labute approximate surface area is 180 Å². The fraction of sp³-hybridized carbons (Fsp3) is 0.429. The van der Waals surface area contributed by atoms with Crippen molar-refractivity contribution in [3.63, 3.8) is 0 Å². The zero-order valence-corrected chi connectivity index (χ0v) is 18.2. The summed E-state index contributed by atoms with van der Waals surface area (Å²) in [4.78, 5) is 25.8. The zero-order chi connectivity index (χ0) is 22.1. The minimum absolute atomic E-state index is 0.0288. The number of nitrogen functional groups attached to an aromatic ring is 1. The molecule has 30 heavy (non-hydrogen) atoms. The number of benzene rings is 1. The maximum absolute atomic E-state index is 13.1. The summed E-state index contributed by atoms with van der Waals surface area (Å²) in [6.07, 6.45) is 2.36. The van der Waals surface area contributed by atoms with Crippen molar-refractivity contribution >= 4 is 23.2 Å². The molecule has 8 nitrogen and oxygen atoms in total. The van der Waals surface area contributed by atoms with Crippen LogP contribution in [0.25, 0.3) is 0 Å². The number of pyridine rings is 1. The molecule has 0 bridgehead atoms. The molecule has 0 spiro atoms. The number of methoxy groups -OCH3 is 2. The van der Waals surface area contributed by atoms with Gasteiger partial charge in [0.2, 0.25) is 5.43 Å². The summed E-state index contributed by atoms with van der Waals surface area (Å²) in [5.74, 6) is -0.567. The molecule has 1 aromatic carbocycles. The Bertz CT molecular complexity index is 912. The summed E-state index contributed by atoms with van der Waals surface area (Å²) in [7, 11) is 2.97. The number of nitrogens with zero attached hydrogens (tertiary/aromatic N) is 1. The molecule has 0 aliphatic heterocycles. The Hall–Kier alpha value is -2.55. The number of unbranched alkanes of at least 4 members (excludes halogenated alkanes) is 1. The van der Waals surface area contributed by atoms with Gasteiger partial charge in [0, 0.05) is 32.0 Å². The molecule has 0 fully saturated rings. The second-order valence-electron chi connectivity index (χ2n) is 6.66. The van der Waals surface area contributed by atoms with E-state index < -0.39 is 17.6 Å². The monoisotopic (exact) mass is 437 g/mol. The molecule has 9 heteroatoms. The molecule has 0 aliphatic carbocycles. The lowest BCUT2D eigenvalue weighted by Gasteiger charge is -2.21. The lowest BCUT2D eigenvalue weighted by Crippen LogP contribution is -2.33. The van der Waals surface area contributed by atoms with Gasteiger partial charge in [-0.05, 0) is 24.1 Å². The summed E-state index contributed by atoms with van der Waals surface area (Å²) in [6, 6.07) is 7.14. The number of amides is 1. The number of nitrogens with two attached hydrogens (primary N) is 1. The van der Waals surface area contributed by atoms with Crippen molar-refractivity contribution in [2.75, 3.05) is 26.6 Å². The smallest absolute Gasteiger partial charge is 0.272 e. The van der Waals surface area contributed by atoms with Gasteiger partial charge in [0.05, 0.1) is 13.2 Å². The van der Waals surface area contributed by atoms with E-state index in [2.05, 4.69) is 5.32 Å². The van der Waals surface area contributed by atoms with Crippen molar-refractivity contribution in [2.24, 2.45) is 0 Å². The van der Waals surface area contributed by atoms with Crippen LogP contribution in [-0.4, -0.2) is 37.6 Å². The molecule has 1 heterocycles. The third-order valence-corrected chi connectivity index (χ3v) is 4.67. The first-order valence-electron chi connectivity index (χ1n) is 9.65. The van der Waals surface area contributed by atoms with Crippen LogP contribution in [0.5, 0.6) is 5.75 Å². The lowest BCUT2D eigenvalue weighted by molar-refractivity contribution is -0.111. The molecule has 3 N–H and O–H groups in total. The zero-order valence-electron chi connectivity index (χ0n) is 17.4. The van der Waals surface area contributed by atoms with Crippen LogP contribution < -0.4 is 21.2 Å². The standard InChI is InChI=1S/C21H28ClN3O5/c1-4-5-9-30-20-18(21(27)24-11-14-7-6-8-15(22)10-14)25(12-16(23)19(20)26)13-17(28-2)29-3/h6-8,10,12,17H,4-5,9,11,13,23H2,1-3H3,(H,24,27). The van der Waals surface area contributed by atoms with Crippen LogP contribution in [-0.2, 0) is 22.6 Å². The quantitative estimate of drug-likeness (QED) is 0.413. The van der Waals surface area contributed by atoms with Gasteiger partial charge in [0.25, 0.3) is 5.91 Å². The van der Waals surface area contributed by atoms with Crippen molar-refractivity contribution in [1.82, 2.24) is 9.88 Å². The predicted octanol–water partition coefficient (Wildman–Crippen LogP) is 2.81. The van der Waals surface area contributed by atoms with E-state index in [4.69, 9.17) is 31.5 Å². The average Bonchev–Trinajstić information content (AvgIpc) is 2.73. The van der Waals surface area contributed by atoms with Crippen LogP contribution in [0.3, 0.4) is 0 Å². The Balaban J connectivity index is 2.41. The van der Waals surface area contributed by atoms with Gasteiger partial charge in [0.15, 0.2) is 17.7 Å². The number of aromatic nitrogens is 1. The van der Waals surface area contributed by atoms with Crippen LogP contribution in [0.4, 0.5) is 5.69 Å². The molecule has 0 radical (unpaired) electrons. The minimum atomic E-state index is -0.644. The summed E-state index contributed by atoms with van der Waals surface area (Å²) in [6.45, 7) is 2.66. The molecular weight excluding hydrogens is 410 g/mol. The number of carbonyl (C=O) groups excluding carboxylic acids is 1. The van der Waals surface area contributed by atoms with Gasteiger partial charge in [-0.2, -0.15) is 0 Å². The normalized spacial score (nSPS) is 11.0. The van der Waals surface area contributed by atoms with Gasteiger partial charge < -0.3 is 29.8 Å². The van der Waals surface area contributed by atoms with Crippen molar-refractivity contribution < 1.29 is 19.0 Å². The Morgan fingerprint density at radius 3 is 2.67 bits per heavy atom. The number of hydrogen-bond acceptors (Lipinski definition) is 6. The van der Waals surface area contributed by atoms with Crippen molar-refractivity contribution in [3.05, 3.63) is 57.0 Å². The van der Waals surface area contributed by atoms with Gasteiger partial charge in [-0.25, -0.2) is 0 Å². The third kappa shape index (κ3) is 6.22. The molecule has 2 aromatic rings. The molecule has 0 aliphatic rings. The number of nitrogens with one attached hydrogen (secondary N) is 1. The highest BCUT2D eigenvalue weighted by Crippen LogP contribution is 2.19. The first-order valence-corrected chi connectivity index (χ1v) is 10.0. The second kappa shape index (κ2) is 11.6. The fourth-order valence-corrected chi connectivity index (χ4v) is 3.02. The van der Waals surface area contributed by atoms with E-state index in [0.717, 1.165) is 18.4 Å². The molecule has 2 rings (SSSR count). The fourth-order valence-electron chi connectivity index (χ4n) is 2.81. The van der Waals surface area contributed by atoms with E-state index >= 15 is 0 Å². The largest absolute Gasteiger partial charge is 0.487 e. The minimum Gasteiger partial charge on any atom is -0.487 e. The van der Waals surface area contributed by atoms with E-state index in [9.17, 15) is 9.59 Å². The molecular formula is C21H28ClN3O5. The Kier molecular flexibility index (Phi) is 9.16. The Morgan fingerprint density at radius 1 is 1.30 bits per heavy atom. The van der Waals surface area contributed by atoms with Crippen molar-refractivity contribution in [2.45, 2.75) is 39.1 Å². The van der Waals surface area contributed by atoms with Gasteiger partial charge in [-0.1, -0.05) is 37.1 Å². The van der Waals surface area contributed by atoms with E-state index in [1.165, 1.54) is 25.0 Å². The first kappa shape index (κ1) is 23.7. The van der Waals surface area contributed by atoms with E-state index in [1.807, 2.05) is 13.0 Å². The highest BCUT2D eigenvalue weighted by molar-refractivity contribution is 6.30. The molecule has 0 saturated heterocycles. The Morgan fingerprint density at radius 2 is 2.03 bits per heavy atom. The number of ether oxygens (including phenoxy) is 3. The summed E-state index contributed by atoms with van der Waals surface area (Å²) >= 11 is 6.01. The van der Waals surface area contributed by atoms with E-state index in [0.29, 0.717) is 11.6 Å². The SMILES string of the molecule is CCCCOc1c(C(=O)NCc2cccc(Cl)c2)n(CC(OC)OC)cc(N)c1=O. The number of halogens is 1. The maximum atomic E-state index is 13.1. The summed E-state index contributed by atoms with van der Waals surface area (Å²) < 4.78 is 17.7. The van der Waals surface area contributed by atoms with Crippen molar-refractivity contribution in [1.29, 1.82) is 0 Å². The molecule has 0 atom stereocenters. The van der Waals surface area contributed by atoms with Gasteiger partial charge in [-0.15, -0.1) is 0 Å². The topological polar surface area (TPSA) is 105 Å². The number of rotatable bonds is 11. The van der Waals surface area contributed by atoms with E-state index in [1.54, 1.807) is 18.2 Å².